The predicted octanol–water partition coefficient (Wildman–Crippen LogP) is 4.01. The number of hydrogen-bond acceptors (Lipinski definition) is 5. The molecule has 144 valence electrons. The molecule has 1 amide bonds. The molecule has 0 saturated carbocycles. The van der Waals surface area contributed by atoms with Crippen molar-refractivity contribution >= 4 is 17.6 Å². The maximum absolute atomic E-state index is 12.4. The van der Waals surface area contributed by atoms with Gasteiger partial charge in [0.2, 0.25) is 0 Å². The number of nitrogens with one attached hydrogen (secondary N) is 1. The van der Waals surface area contributed by atoms with Gasteiger partial charge in [-0.15, -0.1) is 0 Å². The fourth-order valence-corrected chi connectivity index (χ4v) is 2.40. The molecule has 0 unspecified atom stereocenters. The molecule has 0 bridgehead atoms. The van der Waals surface area contributed by atoms with Crippen molar-refractivity contribution in [1.82, 2.24) is 0 Å². The predicted molar refractivity (Wildman–Crippen MR) is 104 cm³/mol. The first-order valence-electron chi connectivity index (χ1n) is 8.69. The van der Waals surface area contributed by atoms with E-state index in [1.54, 1.807) is 6.07 Å². The topological polar surface area (TPSA) is 73.9 Å². The minimum absolute atomic E-state index is 0.243. The highest BCUT2D eigenvalue weighted by molar-refractivity contribution is 5.97. The number of rotatable bonds is 7. The van der Waals surface area contributed by atoms with E-state index in [1.165, 1.54) is 38.8 Å². The van der Waals surface area contributed by atoms with Crippen molar-refractivity contribution in [2.45, 2.75) is 32.8 Å². The first kappa shape index (κ1) is 20.3. The van der Waals surface area contributed by atoms with E-state index in [9.17, 15) is 9.59 Å². The van der Waals surface area contributed by atoms with Crippen LogP contribution in [0.15, 0.2) is 42.5 Å². The van der Waals surface area contributed by atoms with Crippen molar-refractivity contribution in [2.75, 3.05) is 19.5 Å². The van der Waals surface area contributed by atoms with Gasteiger partial charge in [0.15, 0.2) is 6.10 Å². The number of anilines is 1. The standard InChI is InChI=1S/C21H25NO5/c1-13(2)15-6-8-17(9-7-15)22-20(23)14(3)27-21(24)16-10-18(25-4)12-19(11-16)26-5/h6-14H,1-5H3,(H,22,23)/t14-/m0/s1. The van der Waals surface area contributed by atoms with Crippen LogP contribution >= 0.6 is 0 Å². The molecular formula is C21H25NO5. The lowest BCUT2D eigenvalue weighted by Crippen LogP contribution is -2.30. The van der Waals surface area contributed by atoms with Crippen molar-refractivity contribution in [3.63, 3.8) is 0 Å². The van der Waals surface area contributed by atoms with Crippen LogP contribution in [0.4, 0.5) is 5.69 Å². The van der Waals surface area contributed by atoms with Crippen LogP contribution in [0, 0.1) is 0 Å². The number of benzene rings is 2. The Bertz CT molecular complexity index is 776. The third-order valence-electron chi connectivity index (χ3n) is 4.09. The third-order valence-corrected chi connectivity index (χ3v) is 4.09. The summed E-state index contributed by atoms with van der Waals surface area (Å²) in [6.07, 6.45) is -0.959. The normalized spacial score (nSPS) is 11.6. The SMILES string of the molecule is COc1cc(OC)cc(C(=O)O[C@@H](C)C(=O)Nc2ccc(C(C)C)cc2)c1. The second kappa shape index (κ2) is 9.07. The minimum Gasteiger partial charge on any atom is -0.497 e. The average Bonchev–Trinajstić information content (AvgIpc) is 2.67. The van der Waals surface area contributed by atoms with Crippen molar-refractivity contribution in [1.29, 1.82) is 0 Å². The summed E-state index contributed by atoms with van der Waals surface area (Å²) in [4.78, 5) is 24.7. The fourth-order valence-electron chi connectivity index (χ4n) is 2.40. The maximum atomic E-state index is 12.4. The Hall–Kier alpha value is -3.02. The fraction of sp³-hybridized carbons (Fsp3) is 0.333. The summed E-state index contributed by atoms with van der Waals surface area (Å²) in [5.74, 6) is 0.294. The molecule has 2 aromatic rings. The molecule has 1 N–H and O–H groups in total. The van der Waals surface area contributed by atoms with Gasteiger partial charge >= 0.3 is 5.97 Å². The van der Waals surface area contributed by atoms with Gasteiger partial charge in [-0.3, -0.25) is 4.79 Å². The number of carbonyl (C=O) groups is 2. The summed E-state index contributed by atoms with van der Waals surface area (Å²) in [6, 6.07) is 12.3. The van der Waals surface area contributed by atoms with E-state index >= 15 is 0 Å². The van der Waals surface area contributed by atoms with Crippen LogP contribution in [-0.2, 0) is 9.53 Å². The van der Waals surface area contributed by atoms with Gasteiger partial charge < -0.3 is 19.5 Å². The molecule has 0 aliphatic rings. The van der Waals surface area contributed by atoms with E-state index in [1.807, 2.05) is 24.3 Å². The molecule has 2 aromatic carbocycles. The van der Waals surface area contributed by atoms with Crippen molar-refractivity contribution in [3.8, 4) is 11.5 Å². The molecule has 0 radical (unpaired) electrons. The summed E-state index contributed by atoms with van der Waals surface area (Å²) in [7, 11) is 2.98. The van der Waals surface area contributed by atoms with E-state index in [0.29, 0.717) is 23.1 Å². The Morgan fingerprint density at radius 1 is 0.889 bits per heavy atom. The second-order valence-corrected chi connectivity index (χ2v) is 6.41. The molecule has 0 aliphatic carbocycles. The number of carbonyl (C=O) groups excluding carboxylic acids is 2. The number of hydrogen-bond donors (Lipinski definition) is 1. The Kier molecular flexibility index (Phi) is 6.82. The van der Waals surface area contributed by atoms with Crippen LogP contribution < -0.4 is 14.8 Å². The number of methoxy groups -OCH3 is 2. The van der Waals surface area contributed by atoms with Crippen LogP contribution in [0.5, 0.6) is 11.5 Å². The Morgan fingerprint density at radius 3 is 1.93 bits per heavy atom. The van der Waals surface area contributed by atoms with Gasteiger partial charge in [-0.25, -0.2) is 4.79 Å². The maximum Gasteiger partial charge on any atom is 0.339 e. The van der Waals surface area contributed by atoms with Crippen molar-refractivity contribution < 1.29 is 23.8 Å². The van der Waals surface area contributed by atoms with Crippen molar-refractivity contribution in [3.05, 3.63) is 53.6 Å². The summed E-state index contributed by atoms with van der Waals surface area (Å²) in [6.45, 7) is 5.72. The second-order valence-electron chi connectivity index (χ2n) is 6.41. The number of amides is 1. The van der Waals surface area contributed by atoms with E-state index in [-0.39, 0.29) is 5.56 Å². The van der Waals surface area contributed by atoms with Gasteiger partial charge in [0, 0.05) is 11.8 Å². The highest BCUT2D eigenvalue weighted by atomic mass is 16.5. The van der Waals surface area contributed by atoms with Crippen LogP contribution in [0.1, 0.15) is 42.6 Å². The zero-order valence-corrected chi connectivity index (χ0v) is 16.2. The van der Waals surface area contributed by atoms with Gasteiger partial charge in [-0.1, -0.05) is 26.0 Å². The van der Waals surface area contributed by atoms with E-state index in [4.69, 9.17) is 14.2 Å². The Labute approximate surface area is 159 Å². The first-order chi connectivity index (χ1) is 12.8. The van der Waals surface area contributed by atoms with Crippen LogP contribution in [0.25, 0.3) is 0 Å². The average molecular weight is 371 g/mol. The lowest BCUT2D eigenvalue weighted by atomic mass is 10.0. The molecule has 27 heavy (non-hydrogen) atoms. The molecule has 0 aliphatic heterocycles. The van der Waals surface area contributed by atoms with E-state index < -0.39 is 18.0 Å². The van der Waals surface area contributed by atoms with Crippen LogP contribution in [0.3, 0.4) is 0 Å². The Balaban J connectivity index is 2.02. The highest BCUT2D eigenvalue weighted by Gasteiger charge is 2.20. The molecule has 0 heterocycles. The van der Waals surface area contributed by atoms with Crippen LogP contribution in [-0.4, -0.2) is 32.2 Å². The summed E-state index contributed by atoms with van der Waals surface area (Å²) in [5.41, 5.74) is 2.07. The zero-order chi connectivity index (χ0) is 20.0. The van der Waals surface area contributed by atoms with Crippen molar-refractivity contribution in [2.24, 2.45) is 0 Å². The summed E-state index contributed by atoms with van der Waals surface area (Å²) >= 11 is 0. The zero-order valence-electron chi connectivity index (χ0n) is 16.2. The lowest BCUT2D eigenvalue weighted by molar-refractivity contribution is -0.123. The van der Waals surface area contributed by atoms with Gasteiger partial charge in [0.25, 0.3) is 5.91 Å². The summed E-state index contributed by atoms with van der Waals surface area (Å²) < 4.78 is 15.5. The van der Waals surface area contributed by atoms with Crippen LogP contribution in [0.2, 0.25) is 0 Å². The van der Waals surface area contributed by atoms with E-state index in [0.717, 1.165) is 0 Å². The van der Waals surface area contributed by atoms with Gasteiger partial charge in [0.1, 0.15) is 11.5 Å². The molecule has 0 fully saturated rings. The monoisotopic (exact) mass is 371 g/mol. The molecule has 0 saturated heterocycles. The molecule has 0 aromatic heterocycles. The highest BCUT2D eigenvalue weighted by Crippen LogP contribution is 2.23. The van der Waals surface area contributed by atoms with Gasteiger partial charge in [-0.2, -0.15) is 0 Å². The number of ether oxygens (including phenoxy) is 3. The smallest absolute Gasteiger partial charge is 0.339 e. The molecule has 1 atom stereocenters. The third kappa shape index (κ3) is 5.48. The van der Waals surface area contributed by atoms with Gasteiger partial charge in [-0.05, 0) is 42.7 Å². The lowest BCUT2D eigenvalue weighted by Gasteiger charge is -2.15. The largest absolute Gasteiger partial charge is 0.497 e. The molecule has 2 rings (SSSR count). The Morgan fingerprint density at radius 2 is 1.44 bits per heavy atom. The van der Waals surface area contributed by atoms with Gasteiger partial charge in [0.05, 0.1) is 19.8 Å². The minimum atomic E-state index is -0.959. The quantitative estimate of drug-likeness (QED) is 0.745. The molecule has 0 spiro atoms. The molecular weight excluding hydrogens is 346 g/mol. The first-order valence-corrected chi connectivity index (χ1v) is 8.69. The summed E-state index contributed by atoms with van der Waals surface area (Å²) in [5, 5.41) is 2.74. The number of esters is 1. The molecule has 6 nitrogen and oxygen atoms in total. The van der Waals surface area contributed by atoms with E-state index in [2.05, 4.69) is 19.2 Å². The molecule has 6 heteroatoms.